The lowest BCUT2D eigenvalue weighted by atomic mass is 10.0. The zero-order valence-electron chi connectivity index (χ0n) is 17.7. The van der Waals surface area contributed by atoms with Crippen LogP contribution < -0.4 is 5.32 Å². The van der Waals surface area contributed by atoms with E-state index in [2.05, 4.69) is 15.3 Å². The molecule has 4 rings (SSSR count). The first-order valence-corrected chi connectivity index (χ1v) is 10.3. The van der Waals surface area contributed by atoms with Crippen LogP contribution in [0.25, 0.3) is 0 Å². The lowest BCUT2D eigenvalue weighted by molar-refractivity contribution is -0.126. The van der Waals surface area contributed by atoms with E-state index in [9.17, 15) is 14.7 Å². The molecule has 4 aromatic rings. The fourth-order valence-electron chi connectivity index (χ4n) is 3.42. The van der Waals surface area contributed by atoms with E-state index in [1.165, 1.54) is 41.9 Å². The van der Waals surface area contributed by atoms with E-state index in [1.54, 1.807) is 24.3 Å². The number of aromatic hydroxyl groups is 1. The van der Waals surface area contributed by atoms with Crippen molar-refractivity contribution in [2.24, 2.45) is 0 Å². The van der Waals surface area contributed by atoms with Gasteiger partial charge in [-0.2, -0.15) is 0 Å². The van der Waals surface area contributed by atoms with Gasteiger partial charge in [0.05, 0.1) is 19.0 Å². The van der Waals surface area contributed by atoms with Gasteiger partial charge in [0.2, 0.25) is 5.91 Å². The number of rotatable bonds is 8. The molecule has 1 atom stereocenters. The summed E-state index contributed by atoms with van der Waals surface area (Å²) >= 11 is 0. The molecule has 0 aliphatic carbocycles. The molecule has 33 heavy (non-hydrogen) atoms. The van der Waals surface area contributed by atoms with Gasteiger partial charge in [-0.1, -0.05) is 42.5 Å². The highest BCUT2D eigenvalue weighted by atomic mass is 16.3. The number of nitrogens with zero attached hydrogens (tertiary/aromatic N) is 3. The minimum Gasteiger partial charge on any atom is -0.508 e. The number of phenolic OH excluding ortho intramolecular Hbond substituents is 1. The first-order valence-electron chi connectivity index (χ1n) is 10.3. The average molecular weight is 442 g/mol. The number of amides is 2. The Morgan fingerprint density at radius 3 is 2.45 bits per heavy atom. The number of phenols is 1. The number of furan rings is 1. The van der Waals surface area contributed by atoms with Crippen LogP contribution in [0.4, 0.5) is 0 Å². The lowest BCUT2D eigenvalue weighted by Gasteiger charge is -2.30. The van der Waals surface area contributed by atoms with Crippen LogP contribution in [0.3, 0.4) is 0 Å². The van der Waals surface area contributed by atoms with Crippen molar-refractivity contribution < 1.29 is 19.1 Å². The number of carbonyl (C=O) groups is 2. The van der Waals surface area contributed by atoms with Crippen LogP contribution in [0.15, 0.2) is 96.0 Å². The summed E-state index contributed by atoms with van der Waals surface area (Å²) in [4.78, 5) is 36.4. The van der Waals surface area contributed by atoms with Crippen molar-refractivity contribution in [3.8, 4) is 5.75 Å². The normalized spacial score (nSPS) is 11.5. The van der Waals surface area contributed by atoms with Gasteiger partial charge in [0.15, 0.2) is 0 Å². The third-order valence-corrected chi connectivity index (χ3v) is 5.03. The van der Waals surface area contributed by atoms with Gasteiger partial charge in [0.25, 0.3) is 5.91 Å². The summed E-state index contributed by atoms with van der Waals surface area (Å²) in [5, 5.41) is 12.7. The zero-order valence-corrected chi connectivity index (χ0v) is 17.7. The van der Waals surface area contributed by atoms with E-state index in [0.29, 0.717) is 17.9 Å². The average Bonchev–Trinajstić information content (AvgIpc) is 3.37. The molecule has 0 radical (unpaired) electrons. The highest BCUT2D eigenvalue weighted by Crippen LogP contribution is 2.27. The van der Waals surface area contributed by atoms with Gasteiger partial charge in [0, 0.05) is 18.9 Å². The Kier molecular flexibility index (Phi) is 6.75. The predicted octanol–water partition coefficient (Wildman–Crippen LogP) is 3.48. The molecule has 2 heterocycles. The molecule has 0 aliphatic rings. The second-order valence-electron chi connectivity index (χ2n) is 7.30. The Labute approximate surface area is 190 Å². The van der Waals surface area contributed by atoms with Crippen LogP contribution in [-0.2, 0) is 17.9 Å². The molecule has 0 bridgehead atoms. The first kappa shape index (κ1) is 21.8. The summed E-state index contributed by atoms with van der Waals surface area (Å²) in [6.45, 7) is 0.328. The smallest absolute Gasteiger partial charge is 0.275 e. The molecule has 1 unspecified atom stereocenters. The summed E-state index contributed by atoms with van der Waals surface area (Å²) in [6, 6.07) is 18.1. The van der Waals surface area contributed by atoms with Crippen molar-refractivity contribution in [2.45, 2.75) is 19.1 Å². The molecule has 0 aliphatic heterocycles. The molecule has 0 saturated carbocycles. The molecule has 0 saturated heterocycles. The fraction of sp³-hybridized carbons (Fsp3) is 0.120. The van der Waals surface area contributed by atoms with Crippen molar-refractivity contribution in [1.29, 1.82) is 0 Å². The van der Waals surface area contributed by atoms with E-state index in [4.69, 9.17) is 4.42 Å². The third kappa shape index (κ3) is 5.43. The van der Waals surface area contributed by atoms with Crippen LogP contribution in [0.2, 0.25) is 0 Å². The molecule has 2 amide bonds. The second kappa shape index (κ2) is 10.2. The number of hydrogen-bond donors (Lipinski definition) is 2. The second-order valence-corrected chi connectivity index (χ2v) is 7.30. The Morgan fingerprint density at radius 2 is 1.79 bits per heavy atom. The predicted molar refractivity (Wildman–Crippen MR) is 120 cm³/mol. The van der Waals surface area contributed by atoms with E-state index in [0.717, 1.165) is 5.56 Å². The molecule has 0 spiro atoms. The molecular formula is C25H22N4O4. The standard InChI is InChI=1S/C25H22N4O4/c30-20-10-8-19(9-11-20)23(24(31)28-15-18-5-2-1-3-6-18)29(17-21-7-4-14-33-21)25(32)22-16-26-12-13-27-22/h1-14,16,23,30H,15,17H2,(H,28,31). The van der Waals surface area contributed by atoms with Crippen LogP contribution in [-0.4, -0.2) is 31.8 Å². The number of benzene rings is 2. The van der Waals surface area contributed by atoms with Crippen molar-refractivity contribution in [3.63, 3.8) is 0 Å². The van der Waals surface area contributed by atoms with Crippen molar-refractivity contribution in [2.75, 3.05) is 0 Å². The fourth-order valence-corrected chi connectivity index (χ4v) is 3.42. The lowest BCUT2D eigenvalue weighted by Crippen LogP contribution is -2.43. The monoisotopic (exact) mass is 442 g/mol. The quantitative estimate of drug-likeness (QED) is 0.433. The summed E-state index contributed by atoms with van der Waals surface area (Å²) in [6.07, 6.45) is 5.75. The van der Waals surface area contributed by atoms with Gasteiger partial charge in [0.1, 0.15) is 23.2 Å². The number of carbonyl (C=O) groups excluding carboxylic acids is 2. The SMILES string of the molecule is O=C(NCc1ccccc1)C(c1ccc(O)cc1)N(Cc1ccco1)C(=O)c1cnccn1. The van der Waals surface area contributed by atoms with Crippen molar-refractivity contribution >= 4 is 11.8 Å². The topological polar surface area (TPSA) is 109 Å². The zero-order chi connectivity index (χ0) is 23.0. The van der Waals surface area contributed by atoms with E-state index < -0.39 is 11.9 Å². The molecule has 166 valence electrons. The van der Waals surface area contributed by atoms with E-state index in [-0.39, 0.29) is 23.9 Å². The third-order valence-electron chi connectivity index (χ3n) is 5.03. The van der Waals surface area contributed by atoms with E-state index >= 15 is 0 Å². The Balaban J connectivity index is 1.70. The summed E-state index contributed by atoms with van der Waals surface area (Å²) in [7, 11) is 0. The molecule has 2 N–H and O–H groups in total. The summed E-state index contributed by atoms with van der Waals surface area (Å²) in [5.41, 5.74) is 1.55. The maximum atomic E-state index is 13.5. The van der Waals surface area contributed by atoms with Crippen LogP contribution in [0.5, 0.6) is 5.75 Å². The molecule has 2 aromatic carbocycles. The maximum absolute atomic E-state index is 13.5. The number of hydrogen-bond acceptors (Lipinski definition) is 6. The van der Waals surface area contributed by atoms with Crippen LogP contribution >= 0.6 is 0 Å². The highest BCUT2D eigenvalue weighted by Gasteiger charge is 2.33. The largest absolute Gasteiger partial charge is 0.508 e. The van der Waals surface area contributed by atoms with Crippen LogP contribution in [0, 0.1) is 0 Å². The minimum absolute atomic E-state index is 0.0344. The molecule has 0 fully saturated rings. The van der Waals surface area contributed by atoms with Gasteiger partial charge in [-0.05, 0) is 35.4 Å². The Bertz CT molecular complexity index is 1180. The Hall–Kier alpha value is -4.46. The Morgan fingerprint density at radius 1 is 1.00 bits per heavy atom. The van der Waals surface area contributed by atoms with Crippen molar-refractivity contribution in [3.05, 3.63) is 114 Å². The van der Waals surface area contributed by atoms with Crippen LogP contribution in [0.1, 0.15) is 33.4 Å². The van der Waals surface area contributed by atoms with Crippen molar-refractivity contribution in [1.82, 2.24) is 20.2 Å². The number of aromatic nitrogens is 2. The van der Waals surface area contributed by atoms with Gasteiger partial charge >= 0.3 is 0 Å². The minimum atomic E-state index is -1.01. The first-order chi connectivity index (χ1) is 16.1. The van der Waals surface area contributed by atoms with Gasteiger partial charge < -0.3 is 19.7 Å². The highest BCUT2D eigenvalue weighted by molar-refractivity contribution is 5.96. The summed E-state index contributed by atoms with van der Waals surface area (Å²) in [5.74, 6) is -0.298. The van der Waals surface area contributed by atoms with E-state index in [1.807, 2.05) is 30.3 Å². The molecule has 8 nitrogen and oxygen atoms in total. The molecular weight excluding hydrogens is 420 g/mol. The van der Waals surface area contributed by atoms with Gasteiger partial charge in [-0.3, -0.25) is 14.6 Å². The summed E-state index contributed by atoms with van der Waals surface area (Å²) < 4.78 is 5.46. The maximum Gasteiger partial charge on any atom is 0.275 e. The molecule has 8 heteroatoms. The van der Waals surface area contributed by atoms with Gasteiger partial charge in [-0.15, -0.1) is 0 Å². The molecule has 2 aromatic heterocycles. The number of nitrogens with one attached hydrogen (secondary N) is 1. The van der Waals surface area contributed by atoms with Gasteiger partial charge in [-0.25, -0.2) is 4.98 Å².